The van der Waals surface area contributed by atoms with Gasteiger partial charge < -0.3 is 9.47 Å². The lowest BCUT2D eigenvalue weighted by Gasteiger charge is -2.19. The molecule has 154 valence electrons. The lowest BCUT2D eigenvalue weighted by molar-refractivity contribution is -0.384. The molecule has 1 fully saturated rings. The molecule has 0 radical (unpaired) electrons. The van der Waals surface area contributed by atoms with Gasteiger partial charge in [-0.25, -0.2) is 4.79 Å². The normalized spacial score (nSPS) is 18.3. The van der Waals surface area contributed by atoms with Crippen LogP contribution >= 0.6 is 0 Å². The zero-order chi connectivity index (χ0) is 21.3. The van der Waals surface area contributed by atoms with Crippen LogP contribution in [0.5, 0.6) is 5.75 Å². The largest absolute Gasteiger partial charge is 0.492 e. The fourth-order valence-corrected chi connectivity index (χ4v) is 3.33. The smallest absolute Gasteiger partial charge is 0.415 e. The highest BCUT2D eigenvalue weighted by atomic mass is 16.6. The number of carbonyl (C=O) groups excluding carboxylic acids is 2. The van der Waals surface area contributed by atoms with Crippen molar-refractivity contribution in [3.05, 3.63) is 64.3 Å². The molecular weight excluding hydrogens is 392 g/mol. The monoisotopic (exact) mass is 410 g/mol. The Morgan fingerprint density at radius 1 is 1.23 bits per heavy atom. The second kappa shape index (κ2) is 7.47. The molecule has 0 saturated carbocycles. The van der Waals surface area contributed by atoms with E-state index in [1.807, 2.05) is 12.1 Å². The molecule has 1 aliphatic rings. The van der Waals surface area contributed by atoms with E-state index in [2.05, 4.69) is 10.4 Å². The quantitative estimate of drug-likeness (QED) is 0.469. The van der Waals surface area contributed by atoms with Crippen LogP contribution < -0.4 is 10.1 Å². The maximum absolute atomic E-state index is 11.9. The Balaban J connectivity index is 1.35. The molecule has 3 aromatic rings. The highest BCUT2D eigenvalue weighted by Gasteiger charge is 2.44. The number of non-ortho nitro benzene ring substituents is 1. The molecule has 1 saturated heterocycles. The summed E-state index contributed by atoms with van der Waals surface area (Å²) in [5.41, 5.74) is 0.430. The van der Waals surface area contributed by atoms with Gasteiger partial charge in [0.25, 0.3) is 11.6 Å². The van der Waals surface area contributed by atoms with Crippen molar-refractivity contribution in [1.29, 1.82) is 0 Å². The van der Waals surface area contributed by atoms with E-state index in [1.165, 1.54) is 12.1 Å². The van der Waals surface area contributed by atoms with Gasteiger partial charge in [0.15, 0.2) is 5.60 Å². The van der Waals surface area contributed by atoms with Crippen LogP contribution in [-0.2, 0) is 22.5 Å². The fourth-order valence-electron chi connectivity index (χ4n) is 3.33. The molecule has 1 aliphatic heterocycles. The maximum atomic E-state index is 11.9. The van der Waals surface area contributed by atoms with Gasteiger partial charge in [-0.15, -0.1) is 0 Å². The number of cyclic esters (lactones) is 1. The van der Waals surface area contributed by atoms with Crippen LogP contribution in [0.4, 0.5) is 10.5 Å². The molecule has 0 aliphatic carbocycles. The molecule has 1 aromatic heterocycles. The van der Waals surface area contributed by atoms with Crippen molar-refractivity contribution in [2.24, 2.45) is 0 Å². The van der Waals surface area contributed by atoms with E-state index in [4.69, 9.17) is 9.47 Å². The standard InChI is InChI=1S/C20H18N4O6/c1-20(18(25)22-19(26)30-20)11-13-2-5-16(6-3-13)29-9-8-23-17-7-4-15(24(27)28)10-14(17)12-21-23/h2-7,10,12H,8-9,11H2,1H3,(H,22,25,26). The average Bonchev–Trinajstić information content (AvgIpc) is 3.22. The van der Waals surface area contributed by atoms with Gasteiger partial charge in [0.05, 0.1) is 23.2 Å². The third-order valence-corrected chi connectivity index (χ3v) is 4.89. The number of amides is 2. The summed E-state index contributed by atoms with van der Waals surface area (Å²) < 4.78 is 12.5. The Bertz CT molecular complexity index is 1140. The van der Waals surface area contributed by atoms with E-state index in [1.54, 1.807) is 36.0 Å². The molecule has 30 heavy (non-hydrogen) atoms. The van der Waals surface area contributed by atoms with Crippen LogP contribution in [0.3, 0.4) is 0 Å². The van der Waals surface area contributed by atoms with Crippen molar-refractivity contribution in [3.63, 3.8) is 0 Å². The van der Waals surface area contributed by atoms with Gasteiger partial charge >= 0.3 is 6.09 Å². The number of ether oxygens (including phenoxy) is 2. The Morgan fingerprint density at radius 2 is 2.00 bits per heavy atom. The second-order valence-corrected chi connectivity index (χ2v) is 7.11. The number of fused-ring (bicyclic) bond motifs is 1. The third kappa shape index (κ3) is 3.79. The summed E-state index contributed by atoms with van der Waals surface area (Å²) in [4.78, 5) is 33.5. The average molecular weight is 410 g/mol. The molecule has 1 N–H and O–H groups in total. The topological polar surface area (TPSA) is 126 Å². The van der Waals surface area contributed by atoms with Crippen LogP contribution in [0.15, 0.2) is 48.7 Å². The fraction of sp³-hybridized carbons (Fsp3) is 0.250. The Morgan fingerprint density at radius 3 is 2.67 bits per heavy atom. The summed E-state index contributed by atoms with van der Waals surface area (Å²) in [6.07, 6.45) is 1.11. The van der Waals surface area contributed by atoms with E-state index >= 15 is 0 Å². The summed E-state index contributed by atoms with van der Waals surface area (Å²) in [5.74, 6) is 0.188. The lowest BCUT2D eigenvalue weighted by atomic mass is 9.96. The predicted octanol–water partition coefficient (Wildman–Crippen LogP) is 2.59. The van der Waals surface area contributed by atoms with Crippen molar-refractivity contribution >= 4 is 28.6 Å². The first-order valence-electron chi connectivity index (χ1n) is 9.20. The maximum Gasteiger partial charge on any atom is 0.415 e. The van der Waals surface area contributed by atoms with Crippen LogP contribution in [0, 0.1) is 10.1 Å². The van der Waals surface area contributed by atoms with E-state index in [9.17, 15) is 19.7 Å². The van der Waals surface area contributed by atoms with Crippen LogP contribution in [0.25, 0.3) is 10.9 Å². The Hall–Kier alpha value is -3.95. The van der Waals surface area contributed by atoms with Crippen molar-refractivity contribution < 1.29 is 24.0 Å². The summed E-state index contributed by atoms with van der Waals surface area (Å²) in [6.45, 7) is 2.39. The third-order valence-electron chi connectivity index (χ3n) is 4.89. The van der Waals surface area contributed by atoms with E-state index in [0.717, 1.165) is 11.1 Å². The minimum Gasteiger partial charge on any atom is -0.492 e. The Kier molecular flexibility index (Phi) is 4.82. The highest BCUT2D eigenvalue weighted by molar-refractivity contribution is 6.02. The van der Waals surface area contributed by atoms with Crippen LogP contribution in [0.2, 0.25) is 0 Å². The zero-order valence-corrected chi connectivity index (χ0v) is 16.0. The predicted molar refractivity (Wildman–Crippen MR) is 105 cm³/mol. The molecule has 10 nitrogen and oxygen atoms in total. The molecular formula is C20H18N4O6. The number of imide groups is 1. The van der Waals surface area contributed by atoms with E-state index in [0.29, 0.717) is 24.3 Å². The number of rotatable bonds is 7. The summed E-state index contributed by atoms with van der Waals surface area (Å²) >= 11 is 0. The first kappa shape index (κ1) is 19.4. The molecule has 0 bridgehead atoms. The van der Waals surface area contributed by atoms with Gasteiger partial charge in [-0.1, -0.05) is 12.1 Å². The molecule has 4 rings (SSSR count). The molecule has 2 amide bonds. The SMILES string of the molecule is CC1(Cc2ccc(OCCn3ncc4cc([N+](=O)[O-])ccc43)cc2)OC(=O)NC1=O. The summed E-state index contributed by atoms with van der Waals surface area (Å²) in [7, 11) is 0. The number of nitrogens with one attached hydrogen (secondary N) is 1. The summed E-state index contributed by atoms with van der Waals surface area (Å²) in [6, 6.07) is 11.8. The van der Waals surface area contributed by atoms with Crippen molar-refractivity contribution in [2.45, 2.75) is 25.5 Å². The minimum absolute atomic E-state index is 0.0251. The number of aromatic nitrogens is 2. The second-order valence-electron chi connectivity index (χ2n) is 7.11. The minimum atomic E-state index is -1.21. The number of alkyl carbamates (subject to hydrolysis) is 1. The number of carbonyl (C=O) groups is 2. The number of nitro benzene ring substituents is 1. The molecule has 2 heterocycles. The van der Waals surface area contributed by atoms with Gasteiger partial charge in [-0.3, -0.25) is 24.9 Å². The number of hydrogen-bond acceptors (Lipinski definition) is 7. The number of benzene rings is 2. The van der Waals surface area contributed by atoms with Gasteiger partial charge in [0.1, 0.15) is 12.4 Å². The molecule has 1 atom stereocenters. The molecule has 2 aromatic carbocycles. The van der Waals surface area contributed by atoms with E-state index < -0.39 is 22.5 Å². The zero-order valence-electron chi connectivity index (χ0n) is 16.0. The van der Waals surface area contributed by atoms with Crippen LogP contribution in [0.1, 0.15) is 12.5 Å². The molecule has 1 unspecified atom stereocenters. The number of hydrogen-bond donors (Lipinski definition) is 1. The van der Waals surface area contributed by atoms with Crippen molar-refractivity contribution in [2.75, 3.05) is 6.61 Å². The Labute approximate surface area is 170 Å². The van der Waals surface area contributed by atoms with Gasteiger partial charge in [0, 0.05) is 23.9 Å². The first-order chi connectivity index (χ1) is 14.3. The van der Waals surface area contributed by atoms with Crippen molar-refractivity contribution in [1.82, 2.24) is 15.1 Å². The first-order valence-corrected chi connectivity index (χ1v) is 9.20. The summed E-state index contributed by atoms with van der Waals surface area (Å²) in [5, 5.41) is 17.9. The van der Waals surface area contributed by atoms with Gasteiger partial charge in [0.2, 0.25) is 0 Å². The van der Waals surface area contributed by atoms with Crippen LogP contribution in [-0.4, -0.2) is 38.9 Å². The van der Waals surface area contributed by atoms with Gasteiger partial charge in [-0.05, 0) is 30.7 Å². The number of nitrogens with zero attached hydrogens (tertiary/aromatic N) is 3. The highest BCUT2D eigenvalue weighted by Crippen LogP contribution is 2.24. The van der Waals surface area contributed by atoms with Gasteiger partial charge in [-0.2, -0.15) is 5.10 Å². The molecule has 0 spiro atoms. The molecule has 10 heteroatoms. The van der Waals surface area contributed by atoms with E-state index in [-0.39, 0.29) is 12.1 Å². The lowest BCUT2D eigenvalue weighted by Crippen LogP contribution is -2.38. The van der Waals surface area contributed by atoms with Crippen molar-refractivity contribution in [3.8, 4) is 5.75 Å². The number of nitro groups is 1.